The van der Waals surface area contributed by atoms with E-state index in [1.54, 1.807) is 14.2 Å². The maximum absolute atomic E-state index is 5.45. The van der Waals surface area contributed by atoms with Gasteiger partial charge in [-0.25, -0.2) is 0 Å². The van der Waals surface area contributed by atoms with Gasteiger partial charge in [0.05, 0.1) is 19.0 Å². The number of hydrogen-bond donors (Lipinski definition) is 0. The molecule has 0 radical (unpaired) electrons. The van der Waals surface area contributed by atoms with Gasteiger partial charge in [-0.15, -0.1) is 11.8 Å². The summed E-state index contributed by atoms with van der Waals surface area (Å²) < 4.78 is 10.5. The molecule has 2 nitrogen and oxygen atoms in total. The fourth-order valence-electron chi connectivity index (χ4n) is 4.14. The van der Waals surface area contributed by atoms with E-state index in [1.165, 1.54) is 27.8 Å². The van der Waals surface area contributed by atoms with E-state index in [2.05, 4.69) is 85.8 Å². The van der Waals surface area contributed by atoms with E-state index in [1.807, 2.05) is 36.0 Å². The van der Waals surface area contributed by atoms with Crippen LogP contribution < -0.4 is 9.47 Å². The molecule has 0 unspecified atom stereocenters. The molecule has 4 aromatic carbocycles. The Morgan fingerprint density at radius 1 is 0.576 bits per heavy atom. The number of methoxy groups -OCH3 is 2. The number of aryl methyl sites for hydroxylation is 1. The summed E-state index contributed by atoms with van der Waals surface area (Å²) in [5.74, 6) is 2.60. The van der Waals surface area contributed by atoms with Crippen molar-refractivity contribution < 1.29 is 9.47 Å². The van der Waals surface area contributed by atoms with Crippen molar-refractivity contribution in [2.24, 2.45) is 0 Å². The van der Waals surface area contributed by atoms with Crippen LogP contribution in [0.4, 0.5) is 0 Å². The van der Waals surface area contributed by atoms with E-state index in [0.29, 0.717) is 0 Å². The highest BCUT2D eigenvalue weighted by Gasteiger charge is 2.37. The van der Waals surface area contributed by atoms with Gasteiger partial charge in [0, 0.05) is 5.75 Å². The third kappa shape index (κ3) is 4.94. The molecule has 3 heteroatoms. The monoisotopic (exact) mass is 454 g/mol. The van der Waals surface area contributed by atoms with E-state index in [0.717, 1.165) is 23.7 Å². The van der Waals surface area contributed by atoms with Gasteiger partial charge in [0.1, 0.15) is 11.5 Å². The maximum atomic E-state index is 5.45. The molecule has 0 aliphatic carbocycles. The second kappa shape index (κ2) is 10.6. The van der Waals surface area contributed by atoms with Gasteiger partial charge in [-0.3, -0.25) is 0 Å². The fourth-order valence-corrected chi connectivity index (χ4v) is 5.62. The molecular formula is C30H30O2S. The number of thioether (sulfide) groups is 1. The first-order chi connectivity index (χ1) is 16.2. The lowest BCUT2D eigenvalue weighted by Crippen LogP contribution is -2.26. The second-order valence-corrected chi connectivity index (χ2v) is 9.15. The van der Waals surface area contributed by atoms with E-state index in [9.17, 15) is 0 Å². The van der Waals surface area contributed by atoms with Crippen LogP contribution in [0.5, 0.6) is 11.5 Å². The van der Waals surface area contributed by atoms with Crippen molar-refractivity contribution in [1.82, 2.24) is 0 Å². The molecule has 4 aromatic rings. The smallest absolute Gasteiger partial charge is 0.118 e. The Kier molecular flexibility index (Phi) is 7.41. The molecule has 0 N–H and O–H groups in total. The summed E-state index contributed by atoms with van der Waals surface area (Å²) in [6.45, 7) is 2.19. The summed E-state index contributed by atoms with van der Waals surface area (Å²) in [4.78, 5) is 0. The lowest BCUT2D eigenvalue weighted by Gasteiger charge is -2.35. The van der Waals surface area contributed by atoms with Gasteiger partial charge >= 0.3 is 0 Å². The predicted octanol–water partition coefficient (Wildman–Crippen LogP) is 7.49. The minimum atomic E-state index is -0.386. The Hall–Kier alpha value is -3.17. The van der Waals surface area contributed by atoms with Crippen LogP contribution in [-0.2, 0) is 16.9 Å². The minimum absolute atomic E-state index is 0.386. The number of rotatable bonds is 9. The molecule has 33 heavy (non-hydrogen) atoms. The number of ether oxygens (including phenoxy) is 2. The van der Waals surface area contributed by atoms with E-state index in [4.69, 9.17) is 9.47 Å². The van der Waals surface area contributed by atoms with E-state index in [-0.39, 0.29) is 4.75 Å². The topological polar surface area (TPSA) is 18.5 Å². The van der Waals surface area contributed by atoms with Crippen molar-refractivity contribution in [1.29, 1.82) is 0 Å². The molecule has 0 bridgehead atoms. The Balaban J connectivity index is 1.85. The van der Waals surface area contributed by atoms with Crippen molar-refractivity contribution in [2.45, 2.75) is 23.8 Å². The molecule has 0 aromatic heterocycles. The normalized spacial score (nSPS) is 11.2. The highest BCUT2D eigenvalue weighted by molar-refractivity contribution is 7.99. The van der Waals surface area contributed by atoms with Gasteiger partial charge < -0.3 is 9.47 Å². The van der Waals surface area contributed by atoms with Crippen LogP contribution >= 0.6 is 11.8 Å². The first-order valence-corrected chi connectivity index (χ1v) is 12.2. The Bertz CT molecular complexity index is 1090. The molecule has 0 atom stereocenters. The van der Waals surface area contributed by atoms with Crippen molar-refractivity contribution in [2.75, 3.05) is 14.2 Å². The summed E-state index contributed by atoms with van der Waals surface area (Å²) in [6, 6.07) is 36.7. The summed E-state index contributed by atoms with van der Waals surface area (Å²) in [7, 11) is 3.41. The average Bonchev–Trinajstić information content (AvgIpc) is 2.90. The number of benzene rings is 4. The largest absolute Gasteiger partial charge is 0.497 e. The Labute approximate surface area is 201 Å². The quantitative estimate of drug-likeness (QED) is 0.244. The zero-order chi connectivity index (χ0) is 23.1. The molecular weight excluding hydrogens is 424 g/mol. The molecule has 0 heterocycles. The van der Waals surface area contributed by atoms with E-state index < -0.39 is 0 Å². The first-order valence-electron chi connectivity index (χ1n) is 11.3. The first kappa shape index (κ1) is 23.0. The molecule has 0 fully saturated rings. The van der Waals surface area contributed by atoms with Crippen LogP contribution in [0.15, 0.2) is 103 Å². The SMILES string of the molecule is CCc1ccc(CSC(c2ccccc2)(c2ccc(OC)cc2)c2ccc(OC)cc2)cc1. The lowest BCUT2D eigenvalue weighted by atomic mass is 9.84. The predicted molar refractivity (Wildman–Crippen MR) is 139 cm³/mol. The maximum Gasteiger partial charge on any atom is 0.118 e. The second-order valence-electron chi connectivity index (χ2n) is 7.96. The van der Waals surface area contributed by atoms with Crippen LogP contribution in [0, 0.1) is 0 Å². The van der Waals surface area contributed by atoms with Gasteiger partial charge in [-0.1, -0.05) is 85.8 Å². The molecule has 4 rings (SSSR count). The van der Waals surface area contributed by atoms with Crippen LogP contribution in [0.25, 0.3) is 0 Å². The van der Waals surface area contributed by atoms with Crippen molar-refractivity contribution >= 4 is 11.8 Å². The molecule has 0 aliphatic rings. The summed E-state index contributed by atoms with van der Waals surface area (Å²) >= 11 is 1.94. The third-order valence-corrected chi connectivity index (χ3v) is 7.68. The summed E-state index contributed by atoms with van der Waals surface area (Å²) in [5, 5.41) is 0. The van der Waals surface area contributed by atoms with Crippen molar-refractivity contribution in [3.63, 3.8) is 0 Å². The van der Waals surface area contributed by atoms with Crippen LogP contribution in [0.1, 0.15) is 34.7 Å². The zero-order valence-corrected chi connectivity index (χ0v) is 20.3. The van der Waals surface area contributed by atoms with Crippen LogP contribution in [0.2, 0.25) is 0 Å². The molecule has 0 amide bonds. The molecule has 168 valence electrons. The minimum Gasteiger partial charge on any atom is -0.497 e. The Morgan fingerprint density at radius 2 is 1.03 bits per heavy atom. The lowest BCUT2D eigenvalue weighted by molar-refractivity contribution is 0.414. The van der Waals surface area contributed by atoms with Gasteiger partial charge in [-0.2, -0.15) is 0 Å². The summed E-state index contributed by atoms with van der Waals surface area (Å²) in [5.41, 5.74) is 6.36. The van der Waals surface area contributed by atoms with Crippen LogP contribution in [0.3, 0.4) is 0 Å². The highest BCUT2D eigenvalue weighted by atomic mass is 32.2. The molecule has 0 saturated heterocycles. The standard InChI is InChI=1S/C30H30O2S/c1-4-23-10-12-24(13-11-23)22-33-30(25-8-6-5-7-9-25,26-14-18-28(31-2)19-15-26)27-16-20-29(32-3)21-17-27/h5-21H,4,22H2,1-3H3. The van der Waals surface area contributed by atoms with Crippen molar-refractivity contribution in [3.05, 3.63) is 131 Å². The van der Waals surface area contributed by atoms with Crippen molar-refractivity contribution in [3.8, 4) is 11.5 Å². The average molecular weight is 455 g/mol. The highest BCUT2D eigenvalue weighted by Crippen LogP contribution is 2.50. The summed E-state index contributed by atoms with van der Waals surface area (Å²) in [6.07, 6.45) is 1.05. The van der Waals surface area contributed by atoms with Gasteiger partial charge in [0.15, 0.2) is 0 Å². The fraction of sp³-hybridized carbons (Fsp3) is 0.200. The third-order valence-electron chi connectivity index (χ3n) is 6.06. The number of hydrogen-bond acceptors (Lipinski definition) is 3. The molecule has 0 saturated carbocycles. The van der Waals surface area contributed by atoms with Gasteiger partial charge in [0.2, 0.25) is 0 Å². The Morgan fingerprint density at radius 3 is 1.48 bits per heavy atom. The molecule has 0 aliphatic heterocycles. The van der Waals surface area contributed by atoms with E-state index >= 15 is 0 Å². The van der Waals surface area contributed by atoms with Gasteiger partial charge in [-0.05, 0) is 58.5 Å². The zero-order valence-electron chi connectivity index (χ0n) is 19.5. The van der Waals surface area contributed by atoms with Gasteiger partial charge in [0.25, 0.3) is 0 Å². The van der Waals surface area contributed by atoms with Crippen LogP contribution in [-0.4, -0.2) is 14.2 Å². The molecule has 0 spiro atoms.